The lowest BCUT2D eigenvalue weighted by molar-refractivity contribution is 0.141. The summed E-state index contributed by atoms with van der Waals surface area (Å²) in [5.74, 6) is 0.269. The number of aliphatic hydroxyl groups is 1. The average Bonchev–Trinajstić information content (AvgIpc) is 2.21. The quantitative estimate of drug-likeness (QED) is 0.808. The first-order valence-corrected chi connectivity index (χ1v) is 5.70. The molecule has 1 aromatic carbocycles. The van der Waals surface area contributed by atoms with Gasteiger partial charge in [-0.05, 0) is 24.7 Å². The van der Waals surface area contributed by atoms with Crippen LogP contribution in [0.1, 0.15) is 5.56 Å². The molecule has 0 bridgehead atoms. The van der Waals surface area contributed by atoms with Crippen molar-refractivity contribution in [2.24, 2.45) is 0 Å². The minimum absolute atomic E-state index is 0.269. The third-order valence-corrected chi connectivity index (χ3v) is 2.67. The van der Waals surface area contributed by atoms with Crippen LogP contribution in [0.3, 0.4) is 0 Å². The molecular formula is C11H15Cl2NO. The summed E-state index contributed by atoms with van der Waals surface area (Å²) in [6, 6.07) is 7.68. The SMILES string of the molecule is CN(Cc1ccc(Cl)cc1)CC(O)CCl. The van der Waals surface area contributed by atoms with Gasteiger partial charge in [-0.15, -0.1) is 11.6 Å². The van der Waals surface area contributed by atoms with Gasteiger partial charge in [0.15, 0.2) is 0 Å². The molecule has 1 atom stereocenters. The minimum Gasteiger partial charge on any atom is -0.391 e. The predicted molar refractivity (Wildman–Crippen MR) is 64.5 cm³/mol. The molecular weight excluding hydrogens is 233 g/mol. The Hall–Kier alpha value is -0.280. The van der Waals surface area contributed by atoms with Gasteiger partial charge in [-0.2, -0.15) is 0 Å². The second-order valence-electron chi connectivity index (χ2n) is 3.63. The average molecular weight is 248 g/mol. The van der Waals surface area contributed by atoms with Crippen LogP contribution in [0, 0.1) is 0 Å². The van der Waals surface area contributed by atoms with Crippen molar-refractivity contribution in [1.29, 1.82) is 0 Å². The number of rotatable bonds is 5. The Morgan fingerprint density at radius 1 is 1.33 bits per heavy atom. The molecule has 0 saturated heterocycles. The molecule has 1 aromatic rings. The fourth-order valence-electron chi connectivity index (χ4n) is 1.37. The first-order valence-electron chi connectivity index (χ1n) is 4.79. The van der Waals surface area contributed by atoms with Crippen LogP contribution in [-0.2, 0) is 6.54 Å². The molecule has 0 fully saturated rings. The molecule has 0 aliphatic rings. The summed E-state index contributed by atoms with van der Waals surface area (Å²) in [6.45, 7) is 1.36. The molecule has 0 aromatic heterocycles. The number of alkyl halides is 1. The van der Waals surface area contributed by atoms with Crippen LogP contribution in [0.15, 0.2) is 24.3 Å². The van der Waals surface area contributed by atoms with E-state index in [9.17, 15) is 5.11 Å². The van der Waals surface area contributed by atoms with E-state index < -0.39 is 6.10 Å². The van der Waals surface area contributed by atoms with Gasteiger partial charge < -0.3 is 5.11 Å². The summed E-state index contributed by atoms with van der Waals surface area (Å²) in [5, 5.41) is 10.1. The highest BCUT2D eigenvalue weighted by molar-refractivity contribution is 6.30. The van der Waals surface area contributed by atoms with E-state index in [1.807, 2.05) is 36.2 Å². The minimum atomic E-state index is -0.469. The smallest absolute Gasteiger partial charge is 0.0802 e. The molecule has 0 amide bonds. The summed E-state index contributed by atoms with van der Waals surface area (Å²) in [4.78, 5) is 2.02. The highest BCUT2D eigenvalue weighted by atomic mass is 35.5. The number of hydrogen-bond acceptors (Lipinski definition) is 2. The van der Waals surface area contributed by atoms with Gasteiger partial charge in [0.1, 0.15) is 0 Å². The van der Waals surface area contributed by atoms with E-state index in [1.54, 1.807) is 0 Å². The zero-order valence-corrected chi connectivity index (χ0v) is 10.2. The fraction of sp³-hybridized carbons (Fsp3) is 0.455. The summed E-state index contributed by atoms with van der Waals surface area (Å²) in [5.41, 5.74) is 1.17. The lowest BCUT2D eigenvalue weighted by atomic mass is 10.2. The third-order valence-electron chi connectivity index (χ3n) is 2.07. The molecule has 1 N–H and O–H groups in total. The van der Waals surface area contributed by atoms with E-state index >= 15 is 0 Å². The highest BCUT2D eigenvalue weighted by Crippen LogP contribution is 2.11. The topological polar surface area (TPSA) is 23.5 Å². The molecule has 1 rings (SSSR count). The van der Waals surface area contributed by atoms with Crippen molar-refractivity contribution in [3.63, 3.8) is 0 Å². The van der Waals surface area contributed by atoms with Gasteiger partial charge in [0.05, 0.1) is 6.10 Å². The van der Waals surface area contributed by atoms with Gasteiger partial charge >= 0.3 is 0 Å². The maximum Gasteiger partial charge on any atom is 0.0802 e. The number of aliphatic hydroxyl groups excluding tert-OH is 1. The highest BCUT2D eigenvalue weighted by Gasteiger charge is 2.06. The van der Waals surface area contributed by atoms with Crippen LogP contribution in [0.5, 0.6) is 0 Å². The van der Waals surface area contributed by atoms with E-state index in [0.29, 0.717) is 6.54 Å². The first kappa shape index (κ1) is 12.8. The van der Waals surface area contributed by atoms with E-state index in [4.69, 9.17) is 23.2 Å². The molecule has 0 saturated carbocycles. The molecule has 0 radical (unpaired) electrons. The zero-order chi connectivity index (χ0) is 11.3. The van der Waals surface area contributed by atoms with Crippen LogP contribution in [-0.4, -0.2) is 35.6 Å². The largest absolute Gasteiger partial charge is 0.391 e. The van der Waals surface area contributed by atoms with Gasteiger partial charge in [-0.25, -0.2) is 0 Å². The number of hydrogen-bond donors (Lipinski definition) is 1. The van der Waals surface area contributed by atoms with Crippen LogP contribution in [0.2, 0.25) is 5.02 Å². The van der Waals surface area contributed by atoms with Crippen molar-refractivity contribution in [2.75, 3.05) is 19.5 Å². The second kappa shape index (κ2) is 6.33. The van der Waals surface area contributed by atoms with Crippen molar-refractivity contribution in [1.82, 2.24) is 4.90 Å². The number of nitrogens with zero attached hydrogens (tertiary/aromatic N) is 1. The van der Waals surface area contributed by atoms with E-state index in [-0.39, 0.29) is 5.88 Å². The molecule has 0 aliphatic carbocycles. The zero-order valence-electron chi connectivity index (χ0n) is 8.66. The Balaban J connectivity index is 2.44. The lowest BCUT2D eigenvalue weighted by Crippen LogP contribution is -2.29. The normalized spacial score (nSPS) is 13.1. The molecule has 84 valence electrons. The van der Waals surface area contributed by atoms with E-state index in [1.165, 1.54) is 5.56 Å². The molecule has 15 heavy (non-hydrogen) atoms. The Labute approximate surface area is 100 Å². The van der Waals surface area contributed by atoms with Crippen molar-refractivity contribution in [3.05, 3.63) is 34.9 Å². The van der Waals surface area contributed by atoms with Gasteiger partial charge in [-0.3, -0.25) is 4.90 Å². The predicted octanol–water partition coefficient (Wildman–Crippen LogP) is 2.37. The Kier molecular flexibility index (Phi) is 5.40. The third kappa shape index (κ3) is 4.85. The summed E-state index contributed by atoms with van der Waals surface area (Å²) in [7, 11) is 1.95. The standard InChI is InChI=1S/C11H15Cl2NO/c1-14(8-11(15)6-12)7-9-2-4-10(13)5-3-9/h2-5,11,15H,6-8H2,1H3. The Morgan fingerprint density at radius 2 is 1.93 bits per heavy atom. The van der Waals surface area contributed by atoms with E-state index in [0.717, 1.165) is 11.6 Å². The van der Waals surface area contributed by atoms with Gasteiger partial charge in [0.2, 0.25) is 0 Å². The van der Waals surface area contributed by atoms with Crippen LogP contribution in [0.4, 0.5) is 0 Å². The number of halogens is 2. The summed E-state index contributed by atoms with van der Waals surface area (Å²) >= 11 is 11.3. The molecule has 2 nitrogen and oxygen atoms in total. The monoisotopic (exact) mass is 247 g/mol. The maximum absolute atomic E-state index is 9.36. The molecule has 0 spiro atoms. The Morgan fingerprint density at radius 3 is 2.47 bits per heavy atom. The van der Waals surface area contributed by atoms with Crippen molar-refractivity contribution in [2.45, 2.75) is 12.6 Å². The van der Waals surface area contributed by atoms with Crippen molar-refractivity contribution >= 4 is 23.2 Å². The second-order valence-corrected chi connectivity index (χ2v) is 4.38. The van der Waals surface area contributed by atoms with Crippen molar-refractivity contribution < 1.29 is 5.11 Å². The molecule has 0 heterocycles. The molecule has 1 unspecified atom stereocenters. The summed E-state index contributed by atoms with van der Waals surface area (Å²) < 4.78 is 0. The van der Waals surface area contributed by atoms with Crippen LogP contribution in [0.25, 0.3) is 0 Å². The van der Waals surface area contributed by atoms with Gasteiger partial charge in [0.25, 0.3) is 0 Å². The molecule has 4 heteroatoms. The maximum atomic E-state index is 9.36. The summed E-state index contributed by atoms with van der Waals surface area (Å²) in [6.07, 6.45) is -0.469. The van der Waals surface area contributed by atoms with Crippen LogP contribution < -0.4 is 0 Å². The molecule has 0 aliphatic heterocycles. The van der Waals surface area contributed by atoms with Gasteiger partial charge in [0, 0.05) is 24.0 Å². The van der Waals surface area contributed by atoms with Crippen molar-refractivity contribution in [3.8, 4) is 0 Å². The number of benzene rings is 1. The Bertz CT molecular complexity index is 289. The first-order chi connectivity index (χ1) is 7.11. The number of likely N-dealkylation sites (N-methyl/N-ethyl adjacent to an activating group) is 1. The van der Waals surface area contributed by atoms with Crippen LogP contribution >= 0.6 is 23.2 Å². The van der Waals surface area contributed by atoms with E-state index in [2.05, 4.69) is 0 Å². The lowest BCUT2D eigenvalue weighted by Gasteiger charge is -2.19. The fourth-order valence-corrected chi connectivity index (χ4v) is 1.60. The van der Waals surface area contributed by atoms with Gasteiger partial charge in [-0.1, -0.05) is 23.7 Å².